The second-order valence-electron chi connectivity index (χ2n) is 5.92. The summed E-state index contributed by atoms with van der Waals surface area (Å²) in [4.78, 5) is 14.0. The van der Waals surface area contributed by atoms with Gasteiger partial charge in [0.05, 0.1) is 11.6 Å². The van der Waals surface area contributed by atoms with Gasteiger partial charge >= 0.3 is 0 Å². The number of Topliss-reactive ketones (excluding diaryl/α,β-unsaturated/α-hetero) is 1. The van der Waals surface area contributed by atoms with Crippen molar-refractivity contribution in [1.29, 1.82) is 5.26 Å². The Hall–Kier alpha value is -1.82. The normalized spacial score (nSPS) is 22.1. The molecule has 20 heavy (non-hydrogen) atoms. The first-order chi connectivity index (χ1) is 9.52. The largest absolute Gasteiger partial charge is 0.371 e. The second kappa shape index (κ2) is 6.09. The third-order valence-electron chi connectivity index (χ3n) is 4.42. The van der Waals surface area contributed by atoms with Gasteiger partial charge in [0, 0.05) is 24.3 Å². The molecule has 106 valence electrons. The molecule has 0 aliphatic heterocycles. The molecule has 1 aromatic carbocycles. The van der Waals surface area contributed by atoms with Crippen molar-refractivity contribution in [2.75, 3.05) is 11.9 Å². The van der Waals surface area contributed by atoms with Crippen LogP contribution in [0.25, 0.3) is 0 Å². The number of anilines is 1. The maximum Gasteiger partial charge on any atom is 0.161 e. The van der Waals surface area contributed by atoms with Crippen LogP contribution in [0.5, 0.6) is 0 Å². The molecule has 0 spiro atoms. The fraction of sp³-hybridized carbons (Fsp3) is 0.529. The molecule has 0 amide bonds. The average molecular weight is 270 g/mol. The van der Waals surface area contributed by atoms with E-state index in [1.54, 1.807) is 19.1 Å². The lowest BCUT2D eigenvalue weighted by molar-refractivity contribution is 0.101. The van der Waals surface area contributed by atoms with E-state index in [9.17, 15) is 4.79 Å². The zero-order chi connectivity index (χ0) is 14.7. The molecule has 3 heteroatoms. The number of nitrogens with zero attached hydrogens (tertiary/aromatic N) is 2. The Morgan fingerprint density at radius 2 is 1.95 bits per heavy atom. The van der Waals surface area contributed by atoms with Gasteiger partial charge in [-0.25, -0.2) is 0 Å². The minimum Gasteiger partial charge on any atom is -0.371 e. The molecule has 0 radical (unpaired) electrons. The van der Waals surface area contributed by atoms with Gasteiger partial charge in [0.15, 0.2) is 5.78 Å². The molecule has 1 aromatic rings. The summed E-state index contributed by atoms with van der Waals surface area (Å²) in [6, 6.07) is 7.97. The van der Waals surface area contributed by atoms with Crippen molar-refractivity contribution < 1.29 is 4.79 Å². The molecule has 0 aromatic heterocycles. The van der Waals surface area contributed by atoms with E-state index >= 15 is 0 Å². The molecule has 0 unspecified atom stereocenters. The predicted molar refractivity (Wildman–Crippen MR) is 81.0 cm³/mol. The van der Waals surface area contributed by atoms with E-state index in [4.69, 9.17) is 5.26 Å². The third kappa shape index (κ3) is 3.01. The molecule has 1 fully saturated rings. The van der Waals surface area contributed by atoms with Crippen LogP contribution in [-0.4, -0.2) is 18.9 Å². The summed E-state index contributed by atoms with van der Waals surface area (Å²) in [5, 5.41) is 9.06. The number of hydrogen-bond donors (Lipinski definition) is 0. The van der Waals surface area contributed by atoms with Gasteiger partial charge in [-0.2, -0.15) is 5.26 Å². The molecule has 0 bridgehead atoms. The quantitative estimate of drug-likeness (QED) is 0.785. The highest BCUT2D eigenvalue weighted by Crippen LogP contribution is 2.31. The summed E-state index contributed by atoms with van der Waals surface area (Å²) in [5.74, 6) is 0.859. The number of hydrogen-bond acceptors (Lipinski definition) is 3. The number of carbonyl (C=O) groups excluding carboxylic acids is 1. The summed E-state index contributed by atoms with van der Waals surface area (Å²) >= 11 is 0. The smallest absolute Gasteiger partial charge is 0.161 e. The lowest BCUT2D eigenvalue weighted by Gasteiger charge is -2.36. The van der Waals surface area contributed by atoms with Crippen molar-refractivity contribution in [1.82, 2.24) is 0 Å². The van der Waals surface area contributed by atoms with E-state index in [1.807, 2.05) is 13.1 Å². The average Bonchev–Trinajstić information content (AvgIpc) is 2.46. The molecular formula is C17H22N2O. The van der Waals surface area contributed by atoms with E-state index in [0.29, 0.717) is 17.2 Å². The van der Waals surface area contributed by atoms with Gasteiger partial charge in [0.2, 0.25) is 0 Å². The van der Waals surface area contributed by atoms with Crippen LogP contribution in [0.1, 0.15) is 55.5 Å². The number of nitriles is 1. The highest BCUT2D eigenvalue weighted by Gasteiger charge is 2.24. The van der Waals surface area contributed by atoms with Gasteiger partial charge in [-0.05, 0) is 56.7 Å². The molecule has 0 saturated heterocycles. The number of ketones is 1. The first-order valence-electron chi connectivity index (χ1n) is 7.31. The van der Waals surface area contributed by atoms with Crippen molar-refractivity contribution in [3.8, 4) is 6.07 Å². The molecule has 3 nitrogen and oxygen atoms in total. The van der Waals surface area contributed by atoms with E-state index in [-0.39, 0.29) is 5.78 Å². The van der Waals surface area contributed by atoms with Crippen molar-refractivity contribution in [3.63, 3.8) is 0 Å². The summed E-state index contributed by atoms with van der Waals surface area (Å²) in [7, 11) is 2.05. The lowest BCUT2D eigenvalue weighted by atomic mass is 9.86. The first kappa shape index (κ1) is 14.6. The standard InChI is InChI=1S/C17H22N2O/c1-12-4-7-15(8-5-12)19(3)17-10-14(11-18)6-9-16(17)13(2)20/h6,9-10,12,15H,4-5,7-8H2,1-3H3. The van der Waals surface area contributed by atoms with Crippen molar-refractivity contribution in [2.45, 2.75) is 45.6 Å². The van der Waals surface area contributed by atoms with Crippen LogP contribution in [-0.2, 0) is 0 Å². The van der Waals surface area contributed by atoms with Crippen LogP contribution in [0.15, 0.2) is 18.2 Å². The van der Waals surface area contributed by atoms with Crippen LogP contribution in [0.2, 0.25) is 0 Å². The topological polar surface area (TPSA) is 44.1 Å². The second-order valence-corrected chi connectivity index (χ2v) is 5.92. The first-order valence-corrected chi connectivity index (χ1v) is 7.31. The van der Waals surface area contributed by atoms with Crippen LogP contribution >= 0.6 is 0 Å². The Morgan fingerprint density at radius 3 is 2.50 bits per heavy atom. The maximum absolute atomic E-state index is 11.8. The Balaban J connectivity index is 2.30. The lowest BCUT2D eigenvalue weighted by Crippen LogP contribution is -2.35. The van der Waals surface area contributed by atoms with Crippen molar-refractivity contribution >= 4 is 11.5 Å². The van der Waals surface area contributed by atoms with Crippen LogP contribution in [0.4, 0.5) is 5.69 Å². The Bertz CT molecular complexity index is 536. The van der Waals surface area contributed by atoms with Gasteiger partial charge in [-0.1, -0.05) is 6.92 Å². The van der Waals surface area contributed by atoms with E-state index in [1.165, 1.54) is 12.8 Å². The van der Waals surface area contributed by atoms with Crippen molar-refractivity contribution in [3.05, 3.63) is 29.3 Å². The predicted octanol–water partition coefficient (Wildman–Crippen LogP) is 3.78. The van der Waals surface area contributed by atoms with Gasteiger partial charge in [0.25, 0.3) is 0 Å². The van der Waals surface area contributed by atoms with E-state index in [2.05, 4.69) is 17.9 Å². The highest BCUT2D eigenvalue weighted by atomic mass is 16.1. The summed E-state index contributed by atoms with van der Waals surface area (Å²) in [6.45, 7) is 3.88. The Labute approximate surface area is 121 Å². The maximum atomic E-state index is 11.8. The van der Waals surface area contributed by atoms with Crippen LogP contribution in [0, 0.1) is 17.2 Å². The molecule has 0 N–H and O–H groups in total. The monoisotopic (exact) mass is 270 g/mol. The summed E-state index contributed by atoms with van der Waals surface area (Å²) in [5.41, 5.74) is 2.22. The Morgan fingerprint density at radius 1 is 1.30 bits per heavy atom. The molecule has 0 atom stereocenters. The Kier molecular flexibility index (Phi) is 4.44. The zero-order valence-electron chi connectivity index (χ0n) is 12.5. The van der Waals surface area contributed by atoms with Gasteiger partial charge in [-0.3, -0.25) is 4.79 Å². The summed E-state index contributed by atoms with van der Waals surface area (Å²) in [6.07, 6.45) is 4.79. The number of rotatable bonds is 3. The number of benzene rings is 1. The molecule has 1 aliphatic rings. The molecular weight excluding hydrogens is 248 g/mol. The molecule has 0 heterocycles. The zero-order valence-corrected chi connectivity index (χ0v) is 12.5. The van der Waals surface area contributed by atoms with Crippen molar-refractivity contribution in [2.24, 2.45) is 5.92 Å². The van der Waals surface area contributed by atoms with Crippen LogP contribution in [0.3, 0.4) is 0 Å². The summed E-state index contributed by atoms with van der Waals surface area (Å²) < 4.78 is 0. The molecule has 2 rings (SSSR count). The molecule has 1 aliphatic carbocycles. The molecule has 1 saturated carbocycles. The van der Waals surface area contributed by atoms with Gasteiger partial charge in [0.1, 0.15) is 0 Å². The van der Waals surface area contributed by atoms with E-state index < -0.39 is 0 Å². The van der Waals surface area contributed by atoms with Crippen LogP contribution < -0.4 is 4.90 Å². The fourth-order valence-electron chi connectivity index (χ4n) is 3.02. The minimum absolute atomic E-state index is 0.0560. The van der Waals surface area contributed by atoms with Gasteiger partial charge < -0.3 is 4.90 Å². The fourth-order valence-corrected chi connectivity index (χ4v) is 3.02. The SMILES string of the molecule is CC(=O)c1ccc(C#N)cc1N(C)C1CCC(C)CC1. The third-order valence-corrected chi connectivity index (χ3v) is 4.42. The minimum atomic E-state index is 0.0560. The number of carbonyl (C=O) groups is 1. The highest BCUT2D eigenvalue weighted by molar-refractivity contribution is 6.00. The van der Waals surface area contributed by atoms with E-state index in [0.717, 1.165) is 24.4 Å². The van der Waals surface area contributed by atoms with Gasteiger partial charge in [-0.15, -0.1) is 0 Å².